The molecule has 18 heavy (non-hydrogen) atoms. The molecule has 1 heterocycles. The van der Waals surface area contributed by atoms with Gasteiger partial charge in [0.2, 0.25) is 0 Å². The van der Waals surface area contributed by atoms with Gasteiger partial charge in [-0.2, -0.15) is 13.2 Å². The summed E-state index contributed by atoms with van der Waals surface area (Å²) in [5, 5.41) is 11.9. The number of aromatic nitrogens is 1. The second-order valence-electron chi connectivity index (χ2n) is 3.32. The van der Waals surface area contributed by atoms with Crippen LogP contribution in [0.2, 0.25) is 0 Å². The summed E-state index contributed by atoms with van der Waals surface area (Å²) in [7, 11) is 0. The van der Waals surface area contributed by atoms with Crippen LogP contribution in [-0.4, -0.2) is 34.7 Å². The molecule has 0 atom stereocenters. The smallest absolute Gasteiger partial charge is 0.389 e. The monoisotopic (exact) mass is 282 g/mol. The number of amides is 1. The quantitative estimate of drug-likeness (QED) is 0.808. The number of alkyl halides is 3. The minimum absolute atomic E-state index is 0.0839. The maximum Gasteiger partial charge on any atom is 0.389 e. The topological polar surface area (TPSA) is 79.3 Å². The molecule has 0 aliphatic rings. The number of aromatic carboxylic acids is 1. The van der Waals surface area contributed by atoms with E-state index in [0.717, 1.165) is 11.3 Å². The highest BCUT2D eigenvalue weighted by Crippen LogP contribution is 2.20. The van der Waals surface area contributed by atoms with E-state index in [1.165, 1.54) is 5.38 Å². The Morgan fingerprint density at radius 3 is 2.61 bits per heavy atom. The van der Waals surface area contributed by atoms with Crippen molar-refractivity contribution in [3.63, 3.8) is 0 Å². The molecular weight excluding hydrogens is 273 g/mol. The van der Waals surface area contributed by atoms with Crippen molar-refractivity contribution in [2.45, 2.75) is 19.0 Å². The number of nitrogens with zero attached hydrogens (tertiary/aromatic N) is 1. The van der Waals surface area contributed by atoms with Crippen molar-refractivity contribution in [1.29, 1.82) is 0 Å². The number of halogens is 3. The Labute approximate surface area is 104 Å². The second kappa shape index (κ2) is 5.80. The number of nitrogens with one attached hydrogen (secondary N) is 1. The molecule has 0 fully saturated rings. The molecule has 0 saturated carbocycles. The van der Waals surface area contributed by atoms with Gasteiger partial charge in [-0.25, -0.2) is 9.78 Å². The zero-order chi connectivity index (χ0) is 13.8. The lowest BCUT2D eigenvalue weighted by Crippen LogP contribution is -2.25. The van der Waals surface area contributed by atoms with Crippen molar-refractivity contribution in [3.05, 3.63) is 16.1 Å². The number of carbonyl (C=O) groups is 2. The van der Waals surface area contributed by atoms with Crippen LogP contribution in [0.25, 0.3) is 0 Å². The van der Waals surface area contributed by atoms with E-state index in [4.69, 9.17) is 5.11 Å². The molecule has 0 aliphatic heterocycles. The van der Waals surface area contributed by atoms with Crippen LogP contribution in [0.1, 0.15) is 33.1 Å². The number of carbonyl (C=O) groups excluding carboxylic acids is 1. The molecule has 0 radical (unpaired) electrons. The summed E-state index contributed by atoms with van der Waals surface area (Å²) in [5.74, 6) is -1.93. The highest BCUT2D eigenvalue weighted by atomic mass is 32.1. The Balaban J connectivity index is 2.39. The Morgan fingerprint density at radius 2 is 2.11 bits per heavy atom. The predicted octanol–water partition coefficient (Wildman–Crippen LogP) is 1.91. The Kier molecular flexibility index (Phi) is 4.65. The van der Waals surface area contributed by atoms with Crippen LogP contribution in [0.4, 0.5) is 13.2 Å². The third kappa shape index (κ3) is 4.70. The van der Waals surface area contributed by atoms with Gasteiger partial charge in [0, 0.05) is 18.3 Å². The fourth-order valence-corrected chi connectivity index (χ4v) is 1.75. The highest BCUT2D eigenvalue weighted by Gasteiger charge is 2.26. The molecule has 9 heteroatoms. The lowest BCUT2D eigenvalue weighted by atomic mass is 10.3. The predicted molar refractivity (Wildman–Crippen MR) is 56.7 cm³/mol. The van der Waals surface area contributed by atoms with Crippen molar-refractivity contribution in [2.75, 3.05) is 6.54 Å². The molecule has 0 saturated heterocycles. The fourth-order valence-electron chi connectivity index (χ4n) is 1.04. The van der Waals surface area contributed by atoms with Crippen LogP contribution < -0.4 is 5.32 Å². The largest absolute Gasteiger partial charge is 0.476 e. The molecule has 1 aromatic rings. The van der Waals surface area contributed by atoms with Gasteiger partial charge >= 0.3 is 12.1 Å². The van der Waals surface area contributed by atoms with E-state index in [0.29, 0.717) is 0 Å². The lowest BCUT2D eigenvalue weighted by molar-refractivity contribution is -0.135. The molecule has 0 spiro atoms. The maximum absolute atomic E-state index is 11.8. The zero-order valence-electron chi connectivity index (χ0n) is 8.95. The van der Waals surface area contributed by atoms with Crippen LogP contribution in [-0.2, 0) is 0 Å². The van der Waals surface area contributed by atoms with Crippen molar-refractivity contribution < 1.29 is 27.9 Å². The summed E-state index contributed by atoms with van der Waals surface area (Å²) in [4.78, 5) is 25.4. The maximum atomic E-state index is 11.8. The zero-order valence-corrected chi connectivity index (χ0v) is 9.77. The molecule has 0 bridgehead atoms. The minimum atomic E-state index is -4.25. The second-order valence-corrected chi connectivity index (χ2v) is 4.18. The first-order valence-corrected chi connectivity index (χ1v) is 5.71. The molecule has 2 N–H and O–H groups in total. The van der Waals surface area contributed by atoms with E-state index in [1.807, 2.05) is 0 Å². The number of hydrogen-bond acceptors (Lipinski definition) is 4. The molecule has 0 aliphatic carbocycles. The summed E-state index contributed by atoms with van der Waals surface area (Å²) in [6.07, 6.45) is -5.46. The normalized spacial score (nSPS) is 11.3. The molecule has 5 nitrogen and oxygen atoms in total. The van der Waals surface area contributed by atoms with E-state index >= 15 is 0 Å². The lowest BCUT2D eigenvalue weighted by Gasteiger charge is -2.06. The number of carboxylic acids is 1. The van der Waals surface area contributed by atoms with Crippen LogP contribution in [0.5, 0.6) is 0 Å². The molecule has 0 aromatic carbocycles. The van der Waals surface area contributed by atoms with Gasteiger partial charge in [0.15, 0.2) is 10.7 Å². The van der Waals surface area contributed by atoms with Crippen LogP contribution in [0, 0.1) is 0 Å². The van der Waals surface area contributed by atoms with Crippen LogP contribution in [0.15, 0.2) is 5.38 Å². The molecule has 0 unspecified atom stereocenters. The summed E-state index contributed by atoms with van der Waals surface area (Å²) < 4.78 is 35.4. The highest BCUT2D eigenvalue weighted by molar-refractivity contribution is 7.11. The number of thiazole rings is 1. The number of hydrogen-bond donors (Lipinski definition) is 2. The van der Waals surface area contributed by atoms with E-state index in [1.54, 1.807) is 0 Å². The number of rotatable bonds is 5. The number of carboxylic acid groups (broad SMARTS) is 1. The van der Waals surface area contributed by atoms with Gasteiger partial charge in [0.1, 0.15) is 0 Å². The third-order valence-electron chi connectivity index (χ3n) is 1.84. The minimum Gasteiger partial charge on any atom is -0.476 e. The van der Waals surface area contributed by atoms with Crippen LogP contribution in [0.3, 0.4) is 0 Å². The van der Waals surface area contributed by atoms with Gasteiger partial charge in [-0.3, -0.25) is 4.79 Å². The van der Waals surface area contributed by atoms with Crippen molar-refractivity contribution in [1.82, 2.24) is 10.3 Å². The van der Waals surface area contributed by atoms with E-state index in [-0.39, 0.29) is 23.7 Å². The average Bonchev–Trinajstić information content (AvgIpc) is 2.72. The Bertz CT molecular complexity index is 445. The molecule has 100 valence electrons. The van der Waals surface area contributed by atoms with Crippen molar-refractivity contribution >= 4 is 23.2 Å². The first-order valence-electron chi connectivity index (χ1n) is 4.83. The molecule has 1 rings (SSSR count). The van der Waals surface area contributed by atoms with Gasteiger partial charge < -0.3 is 10.4 Å². The Hall–Kier alpha value is -1.64. The van der Waals surface area contributed by atoms with Crippen molar-refractivity contribution in [2.24, 2.45) is 0 Å². The van der Waals surface area contributed by atoms with E-state index in [9.17, 15) is 22.8 Å². The Morgan fingerprint density at radius 1 is 1.44 bits per heavy atom. The van der Waals surface area contributed by atoms with E-state index in [2.05, 4.69) is 10.3 Å². The van der Waals surface area contributed by atoms with Gasteiger partial charge in [0.25, 0.3) is 5.91 Å². The van der Waals surface area contributed by atoms with Gasteiger partial charge in [0.05, 0.1) is 0 Å². The summed E-state index contributed by atoms with van der Waals surface area (Å²) in [6.45, 7) is -0.139. The first-order chi connectivity index (χ1) is 8.29. The first kappa shape index (κ1) is 14.4. The molecular formula is C9H9F3N2O3S. The fraction of sp³-hybridized carbons (Fsp3) is 0.444. The van der Waals surface area contributed by atoms with Gasteiger partial charge in [-0.15, -0.1) is 11.3 Å². The summed E-state index contributed by atoms with van der Waals surface area (Å²) in [6, 6.07) is 0. The molecule has 1 amide bonds. The van der Waals surface area contributed by atoms with Gasteiger partial charge in [-0.1, -0.05) is 0 Å². The SMILES string of the molecule is O=C(O)c1csc(C(=O)NCCCC(F)(F)F)n1. The molecule has 1 aromatic heterocycles. The standard InChI is InChI=1S/C9H9F3N2O3S/c10-9(11,12)2-1-3-13-6(15)7-14-5(4-18-7)8(16)17/h4H,1-3H2,(H,13,15)(H,16,17). The average molecular weight is 282 g/mol. The summed E-state index contributed by atoms with van der Waals surface area (Å²) in [5.41, 5.74) is -0.263. The van der Waals surface area contributed by atoms with Crippen LogP contribution >= 0.6 is 11.3 Å². The van der Waals surface area contributed by atoms with Crippen molar-refractivity contribution in [3.8, 4) is 0 Å². The van der Waals surface area contributed by atoms with E-state index < -0.39 is 24.5 Å². The summed E-state index contributed by atoms with van der Waals surface area (Å²) >= 11 is 0.823. The van der Waals surface area contributed by atoms with Gasteiger partial charge in [-0.05, 0) is 6.42 Å². The third-order valence-corrected chi connectivity index (χ3v) is 2.68.